The summed E-state index contributed by atoms with van der Waals surface area (Å²) in [6.45, 7) is 7.60. The predicted molar refractivity (Wildman–Crippen MR) is 99.3 cm³/mol. The molecule has 136 valence electrons. The summed E-state index contributed by atoms with van der Waals surface area (Å²) in [5.41, 5.74) is 0. The molecule has 25 heavy (non-hydrogen) atoms. The maximum Gasteiger partial charge on any atom is 0.161 e. The number of piperidine rings is 1. The Morgan fingerprint density at radius 3 is 2.60 bits per heavy atom. The second kappa shape index (κ2) is 8.39. The van der Waals surface area contributed by atoms with Gasteiger partial charge in [-0.2, -0.15) is 0 Å². The second-order valence-corrected chi connectivity index (χ2v) is 6.70. The van der Waals surface area contributed by atoms with E-state index in [9.17, 15) is 0 Å². The molecule has 0 aliphatic carbocycles. The molecule has 1 aliphatic rings. The number of hydrogen-bond acceptors (Lipinski definition) is 4. The van der Waals surface area contributed by atoms with Crippen LogP contribution in [0.2, 0.25) is 0 Å². The Balaban J connectivity index is 1.51. The summed E-state index contributed by atoms with van der Waals surface area (Å²) < 4.78 is 13.8. The summed E-state index contributed by atoms with van der Waals surface area (Å²) in [6.07, 6.45) is 7.33. The van der Waals surface area contributed by atoms with E-state index in [0.29, 0.717) is 6.04 Å². The van der Waals surface area contributed by atoms with Crippen LogP contribution < -0.4 is 9.47 Å². The quantitative estimate of drug-likeness (QED) is 0.773. The highest BCUT2D eigenvalue weighted by atomic mass is 16.5. The molecule has 0 bridgehead atoms. The zero-order chi connectivity index (χ0) is 17.6. The smallest absolute Gasteiger partial charge is 0.161 e. The van der Waals surface area contributed by atoms with Crippen LogP contribution in [0.1, 0.15) is 32.5 Å². The minimum atomic E-state index is 0.263. The first-order chi connectivity index (χ1) is 12.2. The molecule has 1 unspecified atom stereocenters. The van der Waals surface area contributed by atoms with Crippen LogP contribution in [0.3, 0.4) is 0 Å². The Hall–Kier alpha value is -2.01. The first kappa shape index (κ1) is 17.8. The Morgan fingerprint density at radius 1 is 1.20 bits per heavy atom. The van der Waals surface area contributed by atoms with Crippen molar-refractivity contribution in [3.05, 3.63) is 42.5 Å². The molecule has 1 atom stereocenters. The third-order valence-electron chi connectivity index (χ3n) is 5.04. The minimum absolute atomic E-state index is 0.263. The number of nitrogens with zero attached hydrogens (tertiary/aromatic N) is 3. The van der Waals surface area contributed by atoms with E-state index in [0.717, 1.165) is 50.4 Å². The number of para-hydroxylation sites is 2. The van der Waals surface area contributed by atoms with Gasteiger partial charge in [-0.3, -0.25) is 4.90 Å². The molecule has 0 amide bonds. The number of aromatic nitrogens is 2. The molecule has 3 rings (SSSR count). The summed E-state index contributed by atoms with van der Waals surface area (Å²) in [7, 11) is 1.69. The van der Waals surface area contributed by atoms with Crippen molar-refractivity contribution in [2.75, 3.05) is 20.2 Å². The van der Waals surface area contributed by atoms with Gasteiger partial charge < -0.3 is 14.0 Å². The van der Waals surface area contributed by atoms with Crippen LogP contribution in [0.15, 0.2) is 36.7 Å². The maximum atomic E-state index is 6.18. The van der Waals surface area contributed by atoms with Crippen molar-refractivity contribution in [3.63, 3.8) is 0 Å². The van der Waals surface area contributed by atoms with Gasteiger partial charge >= 0.3 is 0 Å². The van der Waals surface area contributed by atoms with Gasteiger partial charge in [0.15, 0.2) is 11.5 Å². The third-order valence-corrected chi connectivity index (χ3v) is 5.04. The maximum absolute atomic E-state index is 6.18. The van der Waals surface area contributed by atoms with Gasteiger partial charge in [0, 0.05) is 44.5 Å². The number of aryl methyl sites for hydroxylation is 1. The van der Waals surface area contributed by atoms with E-state index in [2.05, 4.69) is 34.5 Å². The number of methoxy groups -OCH3 is 1. The molecule has 5 nitrogen and oxygen atoms in total. The number of benzene rings is 1. The van der Waals surface area contributed by atoms with E-state index in [1.54, 1.807) is 7.11 Å². The summed E-state index contributed by atoms with van der Waals surface area (Å²) in [6, 6.07) is 8.40. The van der Waals surface area contributed by atoms with E-state index in [1.807, 2.05) is 30.5 Å². The lowest BCUT2D eigenvalue weighted by Gasteiger charge is -2.36. The van der Waals surface area contributed by atoms with Crippen LogP contribution in [0, 0.1) is 0 Å². The van der Waals surface area contributed by atoms with E-state index in [4.69, 9.17) is 9.47 Å². The normalized spacial score (nSPS) is 17.4. The Labute approximate surface area is 150 Å². The fraction of sp³-hybridized carbons (Fsp3) is 0.550. The highest BCUT2D eigenvalue weighted by Gasteiger charge is 2.25. The van der Waals surface area contributed by atoms with Crippen LogP contribution in [-0.4, -0.2) is 46.8 Å². The highest BCUT2D eigenvalue weighted by Crippen LogP contribution is 2.29. The molecule has 0 radical (unpaired) electrons. The van der Waals surface area contributed by atoms with Crippen molar-refractivity contribution in [2.24, 2.45) is 0 Å². The van der Waals surface area contributed by atoms with Crippen molar-refractivity contribution in [3.8, 4) is 11.5 Å². The molecule has 1 saturated heterocycles. The van der Waals surface area contributed by atoms with Crippen LogP contribution >= 0.6 is 0 Å². The SMILES string of the molecule is CCc1nccn1CC(C)N1CCC(Oc2ccccc2OC)CC1. The molecule has 1 fully saturated rings. The Kier molecular flexibility index (Phi) is 5.97. The molecule has 0 N–H and O–H groups in total. The molecule has 1 aliphatic heterocycles. The van der Waals surface area contributed by atoms with Gasteiger partial charge in [0.25, 0.3) is 0 Å². The number of hydrogen-bond donors (Lipinski definition) is 0. The van der Waals surface area contributed by atoms with Crippen LogP contribution in [-0.2, 0) is 13.0 Å². The van der Waals surface area contributed by atoms with Gasteiger partial charge in [-0.15, -0.1) is 0 Å². The third kappa shape index (κ3) is 4.34. The summed E-state index contributed by atoms with van der Waals surface area (Å²) in [5.74, 6) is 2.83. The van der Waals surface area contributed by atoms with Crippen LogP contribution in [0.25, 0.3) is 0 Å². The number of ether oxygens (including phenoxy) is 2. The molecule has 2 heterocycles. The largest absolute Gasteiger partial charge is 0.493 e. The van der Waals surface area contributed by atoms with Gasteiger partial charge in [-0.1, -0.05) is 19.1 Å². The van der Waals surface area contributed by atoms with Gasteiger partial charge in [0.05, 0.1) is 7.11 Å². The monoisotopic (exact) mass is 343 g/mol. The topological polar surface area (TPSA) is 39.5 Å². The van der Waals surface area contributed by atoms with Crippen molar-refractivity contribution in [1.82, 2.24) is 14.5 Å². The lowest BCUT2D eigenvalue weighted by molar-refractivity contribution is 0.0731. The lowest BCUT2D eigenvalue weighted by atomic mass is 10.1. The van der Waals surface area contributed by atoms with E-state index in [1.165, 1.54) is 5.82 Å². The van der Waals surface area contributed by atoms with Crippen molar-refractivity contribution < 1.29 is 9.47 Å². The fourth-order valence-electron chi connectivity index (χ4n) is 3.55. The van der Waals surface area contributed by atoms with E-state index in [-0.39, 0.29) is 6.10 Å². The molecule has 5 heteroatoms. The van der Waals surface area contributed by atoms with Gasteiger partial charge in [0.2, 0.25) is 0 Å². The average molecular weight is 343 g/mol. The van der Waals surface area contributed by atoms with Gasteiger partial charge in [-0.05, 0) is 31.9 Å². The predicted octanol–water partition coefficient (Wildman–Crippen LogP) is 3.39. The zero-order valence-corrected chi connectivity index (χ0v) is 15.5. The van der Waals surface area contributed by atoms with Crippen molar-refractivity contribution in [1.29, 1.82) is 0 Å². The zero-order valence-electron chi connectivity index (χ0n) is 15.5. The first-order valence-electron chi connectivity index (χ1n) is 9.25. The number of likely N-dealkylation sites (tertiary alicyclic amines) is 1. The fourth-order valence-corrected chi connectivity index (χ4v) is 3.55. The number of rotatable bonds is 7. The molecule has 2 aromatic rings. The average Bonchev–Trinajstić information content (AvgIpc) is 3.10. The minimum Gasteiger partial charge on any atom is -0.493 e. The van der Waals surface area contributed by atoms with Gasteiger partial charge in [0.1, 0.15) is 11.9 Å². The van der Waals surface area contributed by atoms with Crippen LogP contribution in [0.5, 0.6) is 11.5 Å². The lowest BCUT2D eigenvalue weighted by Crippen LogP contribution is -2.44. The standard InChI is InChI=1S/C20H29N3O2/c1-4-20-21-11-14-23(20)15-16(2)22-12-9-17(10-13-22)25-19-8-6-5-7-18(19)24-3/h5-8,11,14,16-17H,4,9-10,12-13,15H2,1-3H3. The summed E-state index contributed by atoms with van der Waals surface area (Å²) in [5, 5.41) is 0. The summed E-state index contributed by atoms with van der Waals surface area (Å²) in [4.78, 5) is 6.98. The molecule has 0 saturated carbocycles. The Morgan fingerprint density at radius 2 is 1.92 bits per heavy atom. The highest BCUT2D eigenvalue weighted by molar-refractivity contribution is 5.39. The molecular weight excluding hydrogens is 314 g/mol. The van der Waals surface area contributed by atoms with Crippen molar-refractivity contribution >= 4 is 0 Å². The molecule has 0 spiro atoms. The number of imidazole rings is 1. The summed E-state index contributed by atoms with van der Waals surface area (Å²) >= 11 is 0. The molecule has 1 aromatic carbocycles. The van der Waals surface area contributed by atoms with Crippen LogP contribution in [0.4, 0.5) is 0 Å². The second-order valence-electron chi connectivity index (χ2n) is 6.70. The van der Waals surface area contributed by atoms with E-state index < -0.39 is 0 Å². The van der Waals surface area contributed by atoms with Gasteiger partial charge in [-0.25, -0.2) is 4.98 Å². The first-order valence-corrected chi connectivity index (χ1v) is 9.25. The molecular formula is C20H29N3O2. The van der Waals surface area contributed by atoms with Crippen molar-refractivity contribution in [2.45, 2.75) is 51.8 Å². The van der Waals surface area contributed by atoms with E-state index >= 15 is 0 Å². The Bertz CT molecular complexity index is 662. The molecule has 1 aromatic heterocycles.